The molecule has 1 saturated heterocycles. The van der Waals surface area contributed by atoms with Gasteiger partial charge in [0.25, 0.3) is 0 Å². The summed E-state index contributed by atoms with van der Waals surface area (Å²) in [7, 11) is 0. The van der Waals surface area contributed by atoms with Crippen LogP contribution in [0.3, 0.4) is 0 Å². The topological polar surface area (TPSA) is 59.7 Å². The molecule has 2 aromatic rings. The molecule has 3 fully saturated rings. The van der Waals surface area contributed by atoms with Crippen LogP contribution in [0.4, 0.5) is 0 Å². The quantitative estimate of drug-likeness (QED) is 0.740. The molecule has 144 valence electrons. The van der Waals surface area contributed by atoms with Gasteiger partial charge in [0.15, 0.2) is 0 Å². The fourth-order valence-corrected chi connectivity index (χ4v) is 5.64. The van der Waals surface area contributed by atoms with Gasteiger partial charge in [-0.2, -0.15) is 0 Å². The lowest BCUT2D eigenvalue weighted by molar-refractivity contribution is 0.0843. The van der Waals surface area contributed by atoms with Crippen molar-refractivity contribution in [1.29, 1.82) is 0 Å². The maximum absolute atomic E-state index is 12.8. The van der Waals surface area contributed by atoms with Gasteiger partial charge < -0.3 is 14.3 Å². The van der Waals surface area contributed by atoms with E-state index in [1.807, 2.05) is 11.4 Å². The standard InChI is InChI=1S/C22H26O4S/c23-17-11-16(13-22(7-8-22)12-15-3-1-9-25-15)26-21(24)20(17)19(14-5-6-14)18-4-2-10-27-18/h2,4,10-11,14-15,19,23H,1,3,5-9,12-13H2. The molecule has 2 atom stereocenters. The molecule has 2 unspecified atom stereocenters. The third-order valence-corrected chi connectivity index (χ3v) is 7.42. The van der Waals surface area contributed by atoms with Crippen LogP contribution < -0.4 is 5.63 Å². The van der Waals surface area contributed by atoms with Crippen molar-refractivity contribution >= 4 is 11.3 Å². The van der Waals surface area contributed by atoms with Gasteiger partial charge in [-0.05, 0) is 67.7 Å². The minimum Gasteiger partial charge on any atom is -0.507 e. The van der Waals surface area contributed by atoms with Gasteiger partial charge in [0.2, 0.25) is 0 Å². The summed E-state index contributed by atoms with van der Waals surface area (Å²) in [5.41, 5.74) is 0.290. The van der Waals surface area contributed by atoms with Gasteiger partial charge in [0, 0.05) is 29.9 Å². The van der Waals surface area contributed by atoms with Gasteiger partial charge in [-0.3, -0.25) is 0 Å². The molecule has 0 aromatic carbocycles. The zero-order chi connectivity index (χ0) is 18.4. The van der Waals surface area contributed by atoms with Gasteiger partial charge >= 0.3 is 5.63 Å². The maximum atomic E-state index is 12.8. The van der Waals surface area contributed by atoms with Crippen molar-refractivity contribution in [1.82, 2.24) is 0 Å². The fourth-order valence-electron chi connectivity index (χ4n) is 4.71. The first kappa shape index (κ1) is 17.5. The van der Waals surface area contributed by atoms with Crippen LogP contribution in [-0.2, 0) is 11.2 Å². The van der Waals surface area contributed by atoms with E-state index in [1.54, 1.807) is 17.4 Å². The molecule has 2 saturated carbocycles. The van der Waals surface area contributed by atoms with Gasteiger partial charge in [-0.15, -0.1) is 11.3 Å². The van der Waals surface area contributed by atoms with E-state index in [-0.39, 0.29) is 22.7 Å². The van der Waals surface area contributed by atoms with Crippen LogP contribution in [0.1, 0.15) is 67.1 Å². The fraction of sp³-hybridized carbons (Fsp3) is 0.591. The Hall–Kier alpha value is -1.59. The molecule has 1 aliphatic heterocycles. The van der Waals surface area contributed by atoms with Crippen molar-refractivity contribution in [2.24, 2.45) is 11.3 Å². The highest BCUT2D eigenvalue weighted by Crippen LogP contribution is 2.54. The largest absolute Gasteiger partial charge is 0.507 e. The predicted octanol–water partition coefficient (Wildman–Crippen LogP) is 4.84. The summed E-state index contributed by atoms with van der Waals surface area (Å²) in [5, 5.41) is 12.8. The van der Waals surface area contributed by atoms with E-state index in [1.165, 1.54) is 0 Å². The molecule has 4 nitrogen and oxygen atoms in total. The molecule has 1 N–H and O–H groups in total. The zero-order valence-electron chi connectivity index (χ0n) is 15.5. The summed E-state index contributed by atoms with van der Waals surface area (Å²) in [4.78, 5) is 14.0. The Morgan fingerprint density at radius 2 is 2.15 bits per heavy atom. The number of thiophene rings is 1. The van der Waals surface area contributed by atoms with Crippen LogP contribution in [0, 0.1) is 11.3 Å². The predicted molar refractivity (Wildman–Crippen MR) is 104 cm³/mol. The zero-order valence-corrected chi connectivity index (χ0v) is 16.3. The molecule has 3 heterocycles. The number of hydrogen-bond acceptors (Lipinski definition) is 5. The Morgan fingerprint density at radius 1 is 1.30 bits per heavy atom. The van der Waals surface area contributed by atoms with Gasteiger partial charge in [-0.25, -0.2) is 4.79 Å². The lowest BCUT2D eigenvalue weighted by atomic mass is 9.90. The average molecular weight is 387 g/mol. The lowest BCUT2D eigenvalue weighted by Crippen LogP contribution is -2.19. The summed E-state index contributed by atoms with van der Waals surface area (Å²) in [6, 6.07) is 5.76. The first-order valence-electron chi connectivity index (χ1n) is 10.1. The molecule has 5 rings (SSSR count). The Kier molecular flexibility index (Phi) is 4.40. The van der Waals surface area contributed by atoms with Crippen LogP contribution >= 0.6 is 11.3 Å². The molecule has 27 heavy (non-hydrogen) atoms. The second kappa shape index (κ2) is 6.78. The maximum Gasteiger partial charge on any atom is 0.343 e. The Balaban J connectivity index is 1.39. The van der Waals surface area contributed by atoms with E-state index in [0.717, 1.165) is 62.9 Å². The van der Waals surface area contributed by atoms with Crippen molar-refractivity contribution < 1.29 is 14.3 Å². The second-order valence-corrected chi connectivity index (χ2v) is 9.62. The molecular weight excluding hydrogens is 360 g/mol. The summed E-state index contributed by atoms with van der Waals surface area (Å²) in [6.07, 6.45) is 8.92. The van der Waals surface area contributed by atoms with Crippen LogP contribution in [0.2, 0.25) is 0 Å². The molecule has 5 heteroatoms. The van der Waals surface area contributed by atoms with Crippen LogP contribution in [0.15, 0.2) is 32.8 Å². The minimum absolute atomic E-state index is 0.0305. The molecule has 2 aromatic heterocycles. The highest BCUT2D eigenvalue weighted by Gasteiger charge is 2.46. The number of aromatic hydroxyl groups is 1. The molecule has 0 radical (unpaired) electrons. The van der Waals surface area contributed by atoms with E-state index in [0.29, 0.717) is 23.3 Å². The lowest BCUT2D eigenvalue weighted by Gasteiger charge is -2.20. The second-order valence-electron chi connectivity index (χ2n) is 8.65. The highest BCUT2D eigenvalue weighted by atomic mass is 32.1. The molecule has 2 aliphatic carbocycles. The van der Waals surface area contributed by atoms with E-state index < -0.39 is 0 Å². The van der Waals surface area contributed by atoms with Gasteiger partial charge in [0.1, 0.15) is 11.5 Å². The number of hydrogen-bond donors (Lipinski definition) is 1. The smallest absolute Gasteiger partial charge is 0.343 e. The Morgan fingerprint density at radius 3 is 2.74 bits per heavy atom. The highest BCUT2D eigenvalue weighted by molar-refractivity contribution is 7.10. The third kappa shape index (κ3) is 3.59. The van der Waals surface area contributed by atoms with Crippen LogP contribution in [0.25, 0.3) is 0 Å². The van der Waals surface area contributed by atoms with E-state index in [2.05, 4.69) is 6.07 Å². The van der Waals surface area contributed by atoms with Crippen molar-refractivity contribution in [3.05, 3.63) is 50.2 Å². The first-order chi connectivity index (χ1) is 13.1. The molecule has 3 aliphatic rings. The number of rotatable bonds is 7. The normalized spacial score (nSPS) is 24.8. The monoisotopic (exact) mass is 386 g/mol. The summed E-state index contributed by atoms with van der Waals surface area (Å²) in [6.45, 7) is 0.872. The Bertz CT molecular complexity index is 855. The third-order valence-electron chi connectivity index (χ3n) is 6.46. The molecule has 0 bridgehead atoms. The average Bonchev–Trinajstić information content (AvgIpc) is 3.47. The van der Waals surface area contributed by atoms with Crippen LogP contribution in [0.5, 0.6) is 5.75 Å². The number of ether oxygens (including phenoxy) is 1. The minimum atomic E-state index is -0.358. The SMILES string of the molecule is O=c1oc(CC2(CC3CCCO3)CC2)cc(O)c1C(c1cccs1)C1CC1. The van der Waals surface area contributed by atoms with Crippen molar-refractivity contribution in [2.45, 2.75) is 63.4 Å². The first-order valence-corrected chi connectivity index (χ1v) is 11.0. The van der Waals surface area contributed by atoms with Crippen molar-refractivity contribution in [2.75, 3.05) is 6.61 Å². The van der Waals surface area contributed by atoms with Gasteiger partial charge in [0.05, 0.1) is 11.7 Å². The van der Waals surface area contributed by atoms with E-state index >= 15 is 0 Å². The van der Waals surface area contributed by atoms with Crippen LogP contribution in [-0.4, -0.2) is 17.8 Å². The Labute approximate surface area is 163 Å². The van der Waals surface area contributed by atoms with E-state index in [9.17, 15) is 9.90 Å². The van der Waals surface area contributed by atoms with Gasteiger partial charge in [-0.1, -0.05) is 6.07 Å². The molecule has 0 amide bonds. The molecule has 0 spiro atoms. The summed E-state index contributed by atoms with van der Waals surface area (Å²) >= 11 is 1.65. The summed E-state index contributed by atoms with van der Waals surface area (Å²) in [5.74, 6) is 1.15. The summed E-state index contributed by atoms with van der Waals surface area (Å²) < 4.78 is 11.5. The van der Waals surface area contributed by atoms with Crippen molar-refractivity contribution in [3.8, 4) is 5.75 Å². The van der Waals surface area contributed by atoms with Crippen molar-refractivity contribution in [3.63, 3.8) is 0 Å². The van der Waals surface area contributed by atoms with E-state index in [4.69, 9.17) is 9.15 Å². The molecular formula is C22H26O4S.